The first kappa shape index (κ1) is 23.1. The molecule has 0 aliphatic heterocycles. The molecule has 1 aromatic carbocycles. The lowest BCUT2D eigenvalue weighted by molar-refractivity contribution is -0.385. The molecule has 10 heteroatoms. The molecule has 1 unspecified atom stereocenters. The normalized spacial score (nSPS) is 12.7. The van der Waals surface area contributed by atoms with Gasteiger partial charge >= 0.3 is 0 Å². The standard InChI is InChI=1S/C15H21ClN4O4.ClH/c1-9(2)15(3,8-17)19-12(21)7-18-14(22)13-10(16)5-4-6-11(13)20(23)24;/h4-6,9H,7-8,17H2,1-3H3,(H,18,22)(H,19,21);1H. The van der Waals surface area contributed by atoms with Crippen LogP contribution in [0.1, 0.15) is 31.1 Å². The van der Waals surface area contributed by atoms with Crippen LogP contribution in [-0.2, 0) is 4.79 Å². The molecular weight excluding hydrogens is 371 g/mol. The number of benzene rings is 1. The van der Waals surface area contributed by atoms with Crippen LogP contribution >= 0.6 is 24.0 Å². The molecule has 4 N–H and O–H groups in total. The zero-order chi connectivity index (χ0) is 18.5. The first-order chi connectivity index (χ1) is 11.1. The molecule has 1 atom stereocenters. The second kappa shape index (κ2) is 9.55. The number of nitrogens with zero attached hydrogens (tertiary/aromatic N) is 1. The molecular formula is C15H22Cl2N4O4. The molecule has 1 aromatic rings. The molecule has 0 fully saturated rings. The van der Waals surface area contributed by atoms with E-state index >= 15 is 0 Å². The van der Waals surface area contributed by atoms with Crippen molar-refractivity contribution in [1.82, 2.24) is 10.6 Å². The second-order valence-electron chi connectivity index (χ2n) is 5.90. The van der Waals surface area contributed by atoms with Crippen LogP contribution < -0.4 is 16.4 Å². The molecule has 0 aliphatic carbocycles. The molecule has 0 saturated heterocycles. The van der Waals surface area contributed by atoms with Crippen molar-refractivity contribution in [3.05, 3.63) is 38.9 Å². The lowest BCUT2D eigenvalue weighted by Crippen LogP contribution is -2.56. The minimum Gasteiger partial charge on any atom is -0.348 e. The number of halogens is 2. The van der Waals surface area contributed by atoms with Crippen molar-refractivity contribution in [3.8, 4) is 0 Å². The summed E-state index contributed by atoms with van der Waals surface area (Å²) < 4.78 is 0. The predicted octanol–water partition coefficient (Wildman–Crippen LogP) is 1.89. The summed E-state index contributed by atoms with van der Waals surface area (Å²) in [6.07, 6.45) is 0. The van der Waals surface area contributed by atoms with Crippen molar-refractivity contribution in [2.24, 2.45) is 11.7 Å². The average Bonchev–Trinajstić information content (AvgIpc) is 2.51. The zero-order valence-corrected chi connectivity index (χ0v) is 15.7. The Kier molecular flexibility index (Phi) is 8.82. The van der Waals surface area contributed by atoms with Gasteiger partial charge in [-0.05, 0) is 18.9 Å². The van der Waals surface area contributed by atoms with Gasteiger partial charge < -0.3 is 16.4 Å². The van der Waals surface area contributed by atoms with Crippen molar-refractivity contribution in [2.75, 3.05) is 13.1 Å². The number of carbonyl (C=O) groups is 2. The maximum Gasteiger partial charge on any atom is 0.283 e. The number of nitro groups is 1. The fraction of sp³-hybridized carbons (Fsp3) is 0.467. The summed E-state index contributed by atoms with van der Waals surface area (Å²) in [6.45, 7) is 5.53. The number of amides is 2. The van der Waals surface area contributed by atoms with Gasteiger partial charge in [0.2, 0.25) is 5.91 Å². The third kappa shape index (κ3) is 5.84. The molecule has 0 saturated carbocycles. The lowest BCUT2D eigenvalue weighted by Gasteiger charge is -2.33. The second-order valence-corrected chi connectivity index (χ2v) is 6.31. The van der Waals surface area contributed by atoms with Crippen molar-refractivity contribution < 1.29 is 14.5 Å². The van der Waals surface area contributed by atoms with Crippen molar-refractivity contribution >= 4 is 41.5 Å². The monoisotopic (exact) mass is 392 g/mol. The van der Waals surface area contributed by atoms with Crippen LogP contribution in [0.25, 0.3) is 0 Å². The number of nitro benzene ring substituents is 1. The minimum absolute atomic E-state index is 0. The highest BCUT2D eigenvalue weighted by molar-refractivity contribution is 6.34. The predicted molar refractivity (Wildman–Crippen MR) is 98.1 cm³/mol. The van der Waals surface area contributed by atoms with Crippen molar-refractivity contribution in [3.63, 3.8) is 0 Å². The minimum atomic E-state index is -0.790. The van der Waals surface area contributed by atoms with E-state index in [4.69, 9.17) is 17.3 Å². The van der Waals surface area contributed by atoms with Crippen LogP contribution in [0.2, 0.25) is 5.02 Å². The highest BCUT2D eigenvalue weighted by Crippen LogP contribution is 2.25. The van der Waals surface area contributed by atoms with Gasteiger partial charge in [-0.1, -0.05) is 31.5 Å². The number of hydrogen-bond donors (Lipinski definition) is 3. The molecule has 25 heavy (non-hydrogen) atoms. The van der Waals surface area contributed by atoms with Gasteiger partial charge in [0.05, 0.1) is 22.0 Å². The SMILES string of the molecule is CC(C)C(C)(CN)NC(=O)CNC(=O)c1c(Cl)cccc1[N+](=O)[O-].Cl. The topological polar surface area (TPSA) is 127 Å². The summed E-state index contributed by atoms with van der Waals surface area (Å²) in [5.74, 6) is -1.15. The summed E-state index contributed by atoms with van der Waals surface area (Å²) in [5.41, 5.74) is 4.37. The summed E-state index contributed by atoms with van der Waals surface area (Å²) in [5, 5.41) is 16.0. The highest BCUT2D eigenvalue weighted by atomic mass is 35.5. The Labute approximate surface area is 157 Å². The Hall–Kier alpha value is -1.90. The molecule has 2 amide bonds. The number of nitrogens with one attached hydrogen (secondary N) is 2. The van der Waals surface area contributed by atoms with Crippen LogP contribution in [0.5, 0.6) is 0 Å². The Morgan fingerprint density at radius 1 is 1.40 bits per heavy atom. The number of carbonyl (C=O) groups excluding carboxylic acids is 2. The molecule has 0 heterocycles. The first-order valence-electron chi connectivity index (χ1n) is 7.34. The van der Waals surface area contributed by atoms with Crippen LogP contribution in [0.3, 0.4) is 0 Å². The third-order valence-corrected chi connectivity index (χ3v) is 4.26. The summed E-state index contributed by atoms with van der Waals surface area (Å²) >= 11 is 5.87. The van der Waals surface area contributed by atoms with Gasteiger partial charge in [-0.15, -0.1) is 12.4 Å². The fourth-order valence-electron chi connectivity index (χ4n) is 1.93. The maximum absolute atomic E-state index is 12.2. The maximum atomic E-state index is 12.2. The van der Waals surface area contributed by atoms with Gasteiger partial charge in [0.25, 0.3) is 11.6 Å². The molecule has 0 bridgehead atoms. The van der Waals surface area contributed by atoms with Gasteiger partial charge in [0, 0.05) is 12.6 Å². The smallest absolute Gasteiger partial charge is 0.283 e. The number of rotatable bonds is 7. The molecule has 140 valence electrons. The van der Waals surface area contributed by atoms with Crippen molar-refractivity contribution in [2.45, 2.75) is 26.3 Å². The first-order valence-corrected chi connectivity index (χ1v) is 7.72. The van der Waals surface area contributed by atoms with E-state index in [2.05, 4.69) is 10.6 Å². The van der Waals surface area contributed by atoms with Gasteiger partial charge in [-0.2, -0.15) is 0 Å². The van der Waals surface area contributed by atoms with E-state index in [1.807, 2.05) is 13.8 Å². The van der Waals surface area contributed by atoms with Crippen LogP contribution in [0, 0.1) is 16.0 Å². The average molecular weight is 393 g/mol. The van der Waals surface area contributed by atoms with E-state index < -0.39 is 28.0 Å². The van der Waals surface area contributed by atoms with Crippen LogP contribution in [-0.4, -0.2) is 35.4 Å². The van der Waals surface area contributed by atoms with E-state index in [1.165, 1.54) is 18.2 Å². The van der Waals surface area contributed by atoms with Gasteiger partial charge in [0.15, 0.2) is 0 Å². The Bertz CT molecular complexity index is 654. The highest BCUT2D eigenvalue weighted by Gasteiger charge is 2.29. The molecule has 1 rings (SSSR count). The molecule has 0 radical (unpaired) electrons. The summed E-state index contributed by atoms with van der Waals surface area (Å²) in [6, 6.07) is 3.91. The lowest BCUT2D eigenvalue weighted by atomic mass is 9.88. The van der Waals surface area contributed by atoms with Gasteiger partial charge in [0.1, 0.15) is 5.56 Å². The Balaban J connectivity index is 0.00000576. The third-order valence-electron chi connectivity index (χ3n) is 3.95. The summed E-state index contributed by atoms with van der Waals surface area (Å²) in [7, 11) is 0. The Morgan fingerprint density at radius 2 is 2.00 bits per heavy atom. The molecule has 0 spiro atoms. The van der Waals surface area contributed by atoms with Crippen molar-refractivity contribution in [1.29, 1.82) is 0 Å². The van der Waals surface area contributed by atoms with Crippen LogP contribution in [0.4, 0.5) is 5.69 Å². The Morgan fingerprint density at radius 3 is 2.48 bits per heavy atom. The van der Waals surface area contributed by atoms with Gasteiger partial charge in [-0.25, -0.2) is 0 Å². The van der Waals surface area contributed by atoms with E-state index in [0.29, 0.717) is 0 Å². The van der Waals surface area contributed by atoms with E-state index in [1.54, 1.807) is 6.92 Å². The van der Waals surface area contributed by atoms with Gasteiger partial charge in [-0.3, -0.25) is 19.7 Å². The number of nitrogens with two attached hydrogens (primary N) is 1. The fourth-order valence-corrected chi connectivity index (χ4v) is 2.19. The molecule has 0 aromatic heterocycles. The molecule has 8 nitrogen and oxygen atoms in total. The zero-order valence-electron chi connectivity index (χ0n) is 14.2. The largest absolute Gasteiger partial charge is 0.348 e. The number of hydrogen-bond acceptors (Lipinski definition) is 5. The summed E-state index contributed by atoms with van der Waals surface area (Å²) in [4.78, 5) is 34.5. The van der Waals surface area contributed by atoms with E-state index in [9.17, 15) is 19.7 Å². The van der Waals surface area contributed by atoms with E-state index in [-0.39, 0.29) is 42.0 Å². The molecule has 0 aliphatic rings. The quantitative estimate of drug-likeness (QED) is 0.482. The van der Waals surface area contributed by atoms with E-state index in [0.717, 1.165) is 0 Å². The van der Waals surface area contributed by atoms with Crippen LogP contribution in [0.15, 0.2) is 18.2 Å².